The van der Waals surface area contributed by atoms with Crippen LogP contribution in [0.4, 0.5) is 0 Å². The van der Waals surface area contributed by atoms with E-state index in [1.807, 2.05) is 0 Å². The van der Waals surface area contributed by atoms with Crippen LogP contribution in [0.1, 0.15) is 43.0 Å². The molecule has 1 aromatic rings. The van der Waals surface area contributed by atoms with Gasteiger partial charge < -0.3 is 5.32 Å². The van der Waals surface area contributed by atoms with Crippen LogP contribution < -0.4 is 5.32 Å². The molecule has 0 radical (unpaired) electrons. The average Bonchev–Trinajstić information content (AvgIpc) is 2.40. The van der Waals surface area contributed by atoms with E-state index in [0.717, 1.165) is 37.9 Å². The highest BCUT2D eigenvalue weighted by atomic mass is 32.2. The Kier molecular flexibility index (Phi) is 4.48. The fourth-order valence-electron chi connectivity index (χ4n) is 2.54. The summed E-state index contributed by atoms with van der Waals surface area (Å²) in [6, 6.07) is 6.41. The lowest BCUT2D eigenvalue weighted by atomic mass is 9.87. The van der Waals surface area contributed by atoms with Crippen molar-refractivity contribution in [3.05, 3.63) is 29.8 Å². The largest absolute Gasteiger partial charge is 0.349 e. The molecular formula is C15H21NO3S. The van der Waals surface area contributed by atoms with Crippen LogP contribution in [-0.4, -0.2) is 26.6 Å². The first-order valence-electron chi connectivity index (χ1n) is 6.97. The fraction of sp³-hybridized carbons (Fsp3) is 0.533. The van der Waals surface area contributed by atoms with Gasteiger partial charge in [-0.15, -0.1) is 0 Å². The molecule has 1 aliphatic rings. The van der Waals surface area contributed by atoms with Gasteiger partial charge in [-0.05, 0) is 49.8 Å². The third-order valence-corrected chi connectivity index (χ3v) is 4.99. The van der Waals surface area contributed by atoms with Crippen LogP contribution in [0.3, 0.4) is 0 Å². The molecule has 0 aliphatic heterocycles. The van der Waals surface area contributed by atoms with Crippen molar-refractivity contribution in [2.45, 2.75) is 43.5 Å². The average molecular weight is 295 g/mol. The number of nitrogens with one attached hydrogen (secondary N) is 1. The van der Waals surface area contributed by atoms with Crippen molar-refractivity contribution < 1.29 is 13.2 Å². The van der Waals surface area contributed by atoms with Crippen LogP contribution >= 0.6 is 0 Å². The molecule has 1 saturated carbocycles. The Morgan fingerprint density at radius 2 is 1.85 bits per heavy atom. The molecule has 1 amide bonds. The van der Waals surface area contributed by atoms with E-state index >= 15 is 0 Å². The van der Waals surface area contributed by atoms with Crippen LogP contribution in [0.2, 0.25) is 0 Å². The van der Waals surface area contributed by atoms with E-state index in [1.165, 1.54) is 12.1 Å². The Balaban J connectivity index is 2.06. The molecule has 20 heavy (non-hydrogen) atoms. The van der Waals surface area contributed by atoms with Gasteiger partial charge in [-0.25, -0.2) is 8.42 Å². The van der Waals surface area contributed by atoms with Crippen molar-refractivity contribution in [1.29, 1.82) is 0 Å². The maximum atomic E-state index is 12.2. The van der Waals surface area contributed by atoms with Crippen molar-refractivity contribution >= 4 is 15.7 Å². The zero-order valence-electron chi connectivity index (χ0n) is 11.9. The monoisotopic (exact) mass is 295 g/mol. The molecule has 1 aromatic carbocycles. The van der Waals surface area contributed by atoms with Crippen LogP contribution in [0, 0.1) is 5.92 Å². The van der Waals surface area contributed by atoms with Crippen LogP contribution in [0.25, 0.3) is 0 Å². The molecule has 1 aliphatic carbocycles. The molecule has 0 spiro atoms. The van der Waals surface area contributed by atoms with Crippen LogP contribution in [-0.2, 0) is 9.84 Å². The van der Waals surface area contributed by atoms with Gasteiger partial charge in [0.2, 0.25) is 0 Å². The van der Waals surface area contributed by atoms with E-state index in [4.69, 9.17) is 0 Å². The van der Waals surface area contributed by atoms with Crippen molar-refractivity contribution in [2.24, 2.45) is 5.92 Å². The van der Waals surface area contributed by atoms with E-state index < -0.39 is 9.84 Å². The van der Waals surface area contributed by atoms with Gasteiger partial charge in [-0.2, -0.15) is 0 Å². The minimum absolute atomic E-state index is 0.183. The fourth-order valence-corrected chi connectivity index (χ4v) is 3.21. The van der Waals surface area contributed by atoms with Crippen LogP contribution in [0.5, 0.6) is 0 Å². The summed E-state index contributed by atoms with van der Waals surface area (Å²) in [5.74, 6) is 0.548. The molecule has 0 aromatic heterocycles. The maximum Gasteiger partial charge on any atom is 0.251 e. The second-order valence-corrected chi connectivity index (χ2v) is 7.75. The summed E-state index contributed by atoms with van der Waals surface area (Å²) in [7, 11) is -3.28. The van der Waals surface area contributed by atoms with Crippen molar-refractivity contribution in [3.63, 3.8) is 0 Å². The molecule has 2 rings (SSSR count). The Morgan fingerprint density at radius 3 is 2.45 bits per heavy atom. The molecule has 110 valence electrons. The highest BCUT2D eigenvalue weighted by molar-refractivity contribution is 7.90. The van der Waals surface area contributed by atoms with Gasteiger partial charge >= 0.3 is 0 Å². The van der Waals surface area contributed by atoms with E-state index in [0.29, 0.717) is 5.56 Å². The van der Waals surface area contributed by atoms with E-state index in [1.54, 1.807) is 12.1 Å². The molecular weight excluding hydrogens is 274 g/mol. The summed E-state index contributed by atoms with van der Waals surface area (Å²) in [4.78, 5) is 12.4. The molecule has 1 fully saturated rings. The number of hydrogen-bond acceptors (Lipinski definition) is 3. The summed E-state index contributed by atoms with van der Waals surface area (Å²) >= 11 is 0. The molecule has 0 saturated heterocycles. The Labute approximate surface area is 120 Å². The first-order chi connectivity index (χ1) is 9.36. The van der Waals surface area contributed by atoms with Gasteiger partial charge in [0, 0.05) is 17.9 Å². The highest BCUT2D eigenvalue weighted by Gasteiger charge is 2.20. The molecule has 0 bridgehead atoms. The number of carbonyl (C=O) groups is 1. The summed E-state index contributed by atoms with van der Waals surface area (Å²) in [6.07, 6.45) is 5.41. The lowest BCUT2D eigenvalue weighted by Gasteiger charge is -2.26. The minimum atomic E-state index is -3.28. The highest BCUT2D eigenvalue weighted by Crippen LogP contribution is 2.23. The summed E-state index contributed by atoms with van der Waals surface area (Å²) in [5.41, 5.74) is 0.409. The third kappa shape index (κ3) is 3.82. The molecule has 1 N–H and O–H groups in total. The quantitative estimate of drug-likeness (QED) is 0.931. The van der Waals surface area contributed by atoms with Crippen molar-refractivity contribution in [3.8, 4) is 0 Å². The lowest BCUT2D eigenvalue weighted by Crippen LogP contribution is -2.37. The standard InChI is InChI=1S/C15H21NO3S/c1-11-6-8-13(9-7-11)16-15(17)12-4-3-5-14(10-12)20(2,18)19/h3-5,10-11,13H,6-9H2,1-2H3,(H,16,17). The Bertz CT molecular complexity index is 587. The number of hydrogen-bond donors (Lipinski definition) is 1. The van der Waals surface area contributed by atoms with Gasteiger partial charge in [0.1, 0.15) is 0 Å². The molecule has 4 nitrogen and oxygen atoms in total. The summed E-state index contributed by atoms with van der Waals surface area (Å²) in [5, 5.41) is 3.00. The Hall–Kier alpha value is -1.36. The second-order valence-electron chi connectivity index (χ2n) is 5.73. The summed E-state index contributed by atoms with van der Waals surface area (Å²) in [6.45, 7) is 2.23. The molecule has 5 heteroatoms. The summed E-state index contributed by atoms with van der Waals surface area (Å²) < 4.78 is 23.0. The smallest absolute Gasteiger partial charge is 0.251 e. The predicted molar refractivity (Wildman–Crippen MR) is 78.4 cm³/mol. The normalized spacial score (nSPS) is 23.3. The topological polar surface area (TPSA) is 63.2 Å². The zero-order valence-corrected chi connectivity index (χ0v) is 12.7. The molecule has 0 atom stereocenters. The van der Waals surface area contributed by atoms with Gasteiger partial charge in [-0.1, -0.05) is 13.0 Å². The maximum absolute atomic E-state index is 12.2. The van der Waals surface area contributed by atoms with Crippen molar-refractivity contribution in [1.82, 2.24) is 5.32 Å². The van der Waals surface area contributed by atoms with Crippen LogP contribution in [0.15, 0.2) is 29.2 Å². The first-order valence-corrected chi connectivity index (χ1v) is 8.86. The number of carbonyl (C=O) groups excluding carboxylic acids is 1. The van der Waals surface area contributed by atoms with Crippen molar-refractivity contribution in [2.75, 3.05) is 6.26 Å². The van der Waals surface area contributed by atoms with E-state index in [-0.39, 0.29) is 16.8 Å². The minimum Gasteiger partial charge on any atom is -0.349 e. The SMILES string of the molecule is CC1CCC(NC(=O)c2cccc(S(C)(=O)=O)c2)CC1. The number of sulfone groups is 1. The third-order valence-electron chi connectivity index (χ3n) is 3.88. The van der Waals surface area contributed by atoms with E-state index in [9.17, 15) is 13.2 Å². The van der Waals surface area contributed by atoms with Gasteiger partial charge in [0.05, 0.1) is 4.90 Å². The lowest BCUT2D eigenvalue weighted by molar-refractivity contribution is 0.0923. The molecule has 0 heterocycles. The number of benzene rings is 1. The second kappa shape index (κ2) is 5.95. The zero-order chi connectivity index (χ0) is 14.8. The number of amides is 1. The predicted octanol–water partition coefficient (Wildman–Crippen LogP) is 2.40. The van der Waals surface area contributed by atoms with E-state index in [2.05, 4.69) is 12.2 Å². The van der Waals surface area contributed by atoms with Gasteiger partial charge in [-0.3, -0.25) is 4.79 Å². The van der Waals surface area contributed by atoms with Gasteiger partial charge in [0.25, 0.3) is 5.91 Å². The number of rotatable bonds is 3. The Morgan fingerprint density at radius 1 is 1.20 bits per heavy atom. The van der Waals surface area contributed by atoms with Gasteiger partial charge in [0.15, 0.2) is 9.84 Å². The molecule has 0 unspecified atom stereocenters. The first kappa shape index (κ1) is 15.0.